The molecule has 0 aromatic heterocycles. The number of ether oxygens (including phenoxy) is 1. The van der Waals surface area contributed by atoms with Gasteiger partial charge in [0.1, 0.15) is 5.75 Å². The van der Waals surface area contributed by atoms with E-state index in [-0.39, 0.29) is 18.6 Å². The first-order valence-electron chi connectivity index (χ1n) is 9.46. The summed E-state index contributed by atoms with van der Waals surface area (Å²) in [7, 11) is 0. The Morgan fingerprint density at radius 1 is 1.25 bits per heavy atom. The average Bonchev–Trinajstić information content (AvgIpc) is 3.15. The molecule has 2 saturated carbocycles. The van der Waals surface area contributed by atoms with E-state index in [0.717, 1.165) is 17.6 Å². The third-order valence-corrected chi connectivity index (χ3v) is 6.06. The molecule has 3 heteroatoms. The van der Waals surface area contributed by atoms with Crippen LogP contribution in [0.4, 0.5) is 0 Å². The molecular weight excluding hydrogens is 298 g/mol. The largest absolute Gasteiger partial charge is 0.484 e. The Labute approximate surface area is 146 Å². The molecule has 0 spiro atoms. The predicted molar refractivity (Wildman–Crippen MR) is 97.3 cm³/mol. The van der Waals surface area contributed by atoms with E-state index in [1.165, 1.54) is 36.8 Å². The summed E-state index contributed by atoms with van der Waals surface area (Å²) in [6.45, 7) is 8.73. The fourth-order valence-electron chi connectivity index (χ4n) is 4.84. The van der Waals surface area contributed by atoms with E-state index in [2.05, 4.69) is 39.1 Å². The Hall–Kier alpha value is -1.51. The van der Waals surface area contributed by atoms with Crippen LogP contribution in [0.3, 0.4) is 0 Å². The summed E-state index contributed by atoms with van der Waals surface area (Å²) in [6.07, 6.45) is 5.43. The molecule has 3 nitrogen and oxygen atoms in total. The van der Waals surface area contributed by atoms with Crippen molar-refractivity contribution in [2.45, 2.75) is 65.3 Å². The van der Waals surface area contributed by atoms with Crippen molar-refractivity contribution in [3.05, 3.63) is 29.3 Å². The van der Waals surface area contributed by atoms with Gasteiger partial charge in [-0.2, -0.15) is 0 Å². The SMILES string of the molecule is Cc1cc(OCC(=O)N[C@@H](C)[C@H]2C[C@@H]3CC[C@@H]2C3)ccc1C(C)C. The number of fused-ring (bicyclic) bond motifs is 2. The van der Waals surface area contributed by atoms with Crippen LogP contribution in [0.1, 0.15) is 63.5 Å². The summed E-state index contributed by atoms with van der Waals surface area (Å²) in [6, 6.07) is 6.36. The summed E-state index contributed by atoms with van der Waals surface area (Å²) in [5.74, 6) is 3.69. The van der Waals surface area contributed by atoms with Gasteiger partial charge < -0.3 is 10.1 Å². The molecule has 0 aliphatic heterocycles. The minimum Gasteiger partial charge on any atom is -0.484 e. The van der Waals surface area contributed by atoms with Crippen molar-refractivity contribution in [3.8, 4) is 5.75 Å². The molecular formula is C21H31NO2. The maximum Gasteiger partial charge on any atom is 0.258 e. The summed E-state index contributed by atoms with van der Waals surface area (Å²) in [4.78, 5) is 12.2. The number of aryl methyl sites for hydroxylation is 1. The van der Waals surface area contributed by atoms with Crippen LogP contribution in [0.5, 0.6) is 5.75 Å². The third kappa shape index (κ3) is 3.76. The summed E-state index contributed by atoms with van der Waals surface area (Å²) in [5, 5.41) is 3.16. The summed E-state index contributed by atoms with van der Waals surface area (Å²) < 4.78 is 5.70. The van der Waals surface area contributed by atoms with E-state index in [0.29, 0.717) is 11.8 Å². The van der Waals surface area contributed by atoms with Gasteiger partial charge in [-0.1, -0.05) is 26.3 Å². The molecule has 0 radical (unpaired) electrons. The van der Waals surface area contributed by atoms with Gasteiger partial charge in [-0.25, -0.2) is 0 Å². The van der Waals surface area contributed by atoms with E-state index in [4.69, 9.17) is 4.74 Å². The standard InChI is InChI=1S/C21H31NO2/c1-13(2)19-8-7-18(9-14(19)3)24-12-21(23)22-15(4)20-11-16-5-6-17(20)10-16/h7-9,13,15-17,20H,5-6,10-12H2,1-4H3,(H,22,23)/t15-,16+,17+,20+/m0/s1. The molecule has 2 fully saturated rings. The molecule has 1 amide bonds. The molecule has 2 aliphatic carbocycles. The van der Waals surface area contributed by atoms with Crippen LogP contribution >= 0.6 is 0 Å². The maximum atomic E-state index is 12.2. The monoisotopic (exact) mass is 329 g/mol. The number of nitrogens with one attached hydrogen (secondary N) is 1. The predicted octanol–water partition coefficient (Wildman–Crippen LogP) is 4.44. The number of hydrogen-bond donors (Lipinski definition) is 1. The Morgan fingerprint density at radius 2 is 2.04 bits per heavy atom. The van der Waals surface area contributed by atoms with Gasteiger partial charge in [0.15, 0.2) is 6.61 Å². The van der Waals surface area contributed by atoms with Crippen molar-refractivity contribution < 1.29 is 9.53 Å². The second kappa shape index (κ2) is 7.16. The lowest BCUT2D eigenvalue weighted by atomic mass is 9.84. The van der Waals surface area contributed by atoms with Crippen LogP contribution in [0.15, 0.2) is 18.2 Å². The van der Waals surface area contributed by atoms with Crippen LogP contribution in [0, 0.1) is 24.7 Å². The lowest BCUT2D eigenvalue weighted by Crippen LogP contribution is -2.42. The zero-order valence-corrected chi connectivity index (χ0v) is 15.5. The van der Waals surface area contributed by atoms with Crippen LogP contribution in [-0.4, -0.2) is 18.6 Å². The Morgan fingerprint density at radius 3 is 2.62 bits per heavy atom. The molecule has 4 atom stereocenters. The van der Waals surface area contributed by atoms with Gasteiger partial charge in [-0.3, -0.25) is 4.79 Å². The highest BCUT2D eigenvalue weighted by Gasteiger charge is 2.42. The average molecular weight is 329 g/mol. The zero-order chi connectivity index (χ0) is 17.3. The number of amides is 1. The second-order valence-electron chi connectivity index (χ2n) is 8.16. The maximum absolute atomic E-state index is 12.2. The molecule has 24 heavy (non-hydrogen) atoms. The number of benzene rings is 1. The van der Waals surface area contributed by atoms with Gasteiger partial charge in [-0.15, -0.1) is 0 Å². The highest BCUT2D eigenvalue weighted by atomic mass is 16.5. The molecule has 2 bridgehead atoms. The number of carbonyl (C=O) groups excluding carboxylic acids is 1. The topological polar surface area (TPSA) is 38.3 Å². The van der Waals surface area contributed by atoms with Gasteiger partial charge >= 0.3 is 0 Å². The van der Waals surface area contributed by atoms with Gasteiger partial charge in [0, 0.05) is 6.04 Å². The highest BCUT2D eigenvalue weighted by molar-refractivity contribution is 5.77. The molecule has 1 aromatic rings. The van der Waals surface area contributed by atoms with Crippen LogP contribution in [-0.2, 0) is 4.79 Å². The molecule has 1 aromatic carbocycles. The van der Waals surface area contributed by atoms with Crippen molar-refractivity contribution in [2.75, 3.05) is 6.61 Å². The van der Waals surface area contributed by atoms with Gasteiger partial charge in [-0.05, 0) is 80.0 Å². The Balaban J connectivity index is 1.48. The molecule has 1 N–H and O–H groups in total. The number of rotatable bonds is 6. The van der Waals surface area contributed by atoms with Crippen LogP contribution in [0.2, 0.25) is 0 Å². The lowest BCUT2D eigenvalue weighted by molar-refractivity contribution is -0.124. The van der Waals surface area contributed by atoms with E-state index in [9.17, 15) is 4.79 Å². The summed E-state index contributed by atoms with van der Waals surface area (Å²) in [5.41, 5.74) is 2.55. The van der Waals surface area contributed by atoms with Crippen LogP contribution < -0.4 is 10.1 Å². The van der Waals surface area contributed by atoms with E-state index < -0.39 is 0 Å². The first-order valence-corrected chi connectivity index (χ1v) is 9.46. The van der Waals surface area contributed by atoms with Crippen molar-refractivity contribution in [1.82, 2.24) is 5.32 Å². The van der Waals surface area contributed by atoms with Crippen molar-refractivity contribution in [3.63, 3.8) is 0 Å². The molecule has 0 heterocycles. The number of carbonyl (C=O) groups is 1. The van der Waals surface area contributed by atoms with E-state index in [1.807, 2.05) is 12.1 Å². The van der Waals surface area contributed by atoms with E-state index in [1.54, 1.807) is 0 Å². The summed E-state index contributed by atoms with van der Waals surface area (Å²) >= 11 is 0. The normalized spacial score (nSPS) is 26.6. The minimum atomic E-state index is -0.00383. The van der Waals surface area contributed by atoms with Crippen molar-refractivity contribution >= 4 is 5.91 Å². The highest BCUT2D eigenvalue weighted by Crippen LogP contribution is 2.49. The van der Waals surface area contributed by atoms with E-state index >= 15 is 0 Å². The number of hydrogen-bond acceptors (Lipinski definition) is 2. The van der Waals surface area contributed by atoms with Crippen LogP contribution in [0.25, 0.3) is 0 Å². The molecule has 0 saturated heterocycles. The molecule has 132 valence electrons. The zero-order valence-electron chi connectivity index (χ0n) is 15.5. The van der Waals surface area contributed by atoms with Crippen molar-refractivity contribution in [2.24, 2.45) is 17.8 Å². The molecule has 0 unspecified atom stereocenters. The second-order valence-corrected chi connectivity index (χ2v) is 8.16. The third-order valence-electron chi connectivity index (χ3n) is 6.06. The Kier molecular flexibility index (Phi) is 5.17. The van der Waals surface area contributed by atoms with Crippen molar-refractivity contribution in [1.29, 1.82) is 0 Å². The molecule has 2 aliphatic rings. The smallest absolute Gasteiger partial charge is 0.258 e. The fraction of sp³-hybridized carbons (Fsp3) is 0.667. The lowest BCUT2D eigenvalue weighted by Gasteiger charge is -2.28. The first kappa shape index (κ1) is 17.3. The molecule has 3 rings (SSSR count). The minimum absolute atomic E-state index is 0.00383. The Bertz CT molecular complexity index is 596. The first-order chi connectivity index (χ1) is 11.4. The van der Waals surface area contributed by atoms with Gasteiger partial charge in [0.25, 0.3) is 5.91 Å². The van der Waals surface area contributed by atoms with Gasteiger partial charge in [0.2, 0.25) is 0 Å². The van der Waals surface area contributed by atoms with Gasteiger partial charge in [0.05, 0.1) is 0 Å². The fourth-order valence-corrected chi connectivity index (χ4v) is 4.84. The quantitative estimate of drug-likeness (QED) is 0.838.